The van der Waals surface area contributed by atoms with Gasteiger partial charge in [-0.15, -0.1) is 11.8 Å². The van der Waals surface area contributed by atoms with Crippen LogP contribution in [-0.4, -0.2) is 25.5 Å². The van der Waals surface area contributed by atoms with Crippen LogP contribution in [0.4, 0.5) is 5.69 Å². The smallest absolute Gasteiger partial charge is 0.0747 e. The lowest BCUT2D eigenvalue weighted by molar-refractivity contribution is 0.0247. The van der Waals surface area contributed by atoms with E-state index >= 15 is 0 Å². The largest absolute Gasteiger partial charge is 0.382 e. The quantitative estimate of drug-likeness (QED) is 0.811. The van der Waals surface area contributed by atoms with E-state index in [-0.39, 0.29) is 0 Å². The van der Waals surface area contributed by atoms with Gasteiger partial charge in [0.1, 0.15) is 0 Å². The Kier molecular flexibility index (Phi) is 4.55. The molecule has 0 spiro atoms. The highest BCUT2D eigenvalue weighted by molar-refractivity contribution is 7.98. The number of ether oxygens (including phenoxy) is 1. The van der Waals surface area contributed by atoms with Crippen LogP contribution >= 0.6 is 11.8 Å². The maximum absolute atomic E-state index is 5.68. The van der Waals surface area contributed by atoms with Gasteiger partial charge in [0.15, 0.2) is 0 Å². The highest BCUT2D eigenvalue weighted by Gasteiger charge is 2.12. The normalized spacial score (nSPS) is 20.7. The molecule has 0 bridgehead atoms. The van der Waals surface area contributed by atoms with Gasteiger partial charge in [-0.3, -0.25) is 0 Å². The molecule has 1 aromatic carbocycles. The van der Waals surface area contributed by atoms with Crippen molar-refractivity contribution < 1.29 is 4.74 Å². The molecule has 1 N–H and O–H groups in total. The first-order valence-electron chi connectivity index (χ1n) is 5.88. The second-order valence-corrected chi connectivity index (χ2v) is 4.98. The van der Waals surface area contributed by atoms with Crippen molar-refractivity contribution in [3.05, 3.63) is 24.3 Å². The fourth-order valence-electron chi connectivity index (χ4n) is 1.91. The highest BCUT2D eigenvalue weighted by atomic mass is 32.2. The summed E-state index contributed by atoms with van der Waals surface area (Å²) in [6.07, 6.45) is 6.21. The molecule has 1 aliphatic heterocycles. The molecule has 1 heterocycles. The van der Waals surface area contributed by atoms with E-state index < -0.39 is 0 Å². The van der Waals surface area contributed by atoms with E-state index in [9.17, 15) is 0 Å². The average Bonchev–Trinajstić information content (AvgIpc) is 2.38. The Morgan fingerprint density at radius 2 is 2.12 bits per heavy atom. The van der Waals surface area contributed by atoms with E-state index in [4.69, 9.17) is 4.74 Å². The second-order valence-electron chi connectivity index (χ2n) is 4.10. The molecule has 1 aliphatic rings. The summed E-state index contributed by atoms with van der Waals surface area (Å²) in [6, 6.07) is 8.56. The zero-order valence-electron chi connectivity index (χ0n) is 9.74. The number of anilines is 1. The molecular formula is C13H19NOS. The van der Waals surface area contributed by atoms with Gasteiger partial charge in [-0.2, -0.15) is 0 Å². The second kappa shape index (κ2) is 6.16. The van der Waals surface area contributed by atoms with Gasteiger partial charge in [-0.1, -0.05) is 0 Å². The first-order chi connectivity index (χ1) is 7.88. The summed E-state index contributed by atoms with van der Waals surface area (Å²) in [5, 5.41) is 3.43. The van der Waals surface area contributed by atoms with E-state index in [0.717, 1.165) is 13.2 Å². The van der Waals surface area contributed by atoms with Crippen molar-refractivity contribution in [2.24, 2.45) is 0 Å². The summed E-state index contributed by atoms with van der Waals surface area (Å²) in [5.74, 6) is 0. The zero-order chi connectivity index (χ0) is 11.2. The maximum Gasteiger partial charge on any atom is 0.0747 e. The molecule has 0 amide bonds. The summed E-state index contributed by atoms with van der Waals surface area (Å²) in [4.78, 5) is 1.31. The van der Waals surface area contributed by atoms with Crippen LogP contribution in [0.25, 0.3) is 0 Å². The monoisotopic (exact) mass is 237 g/mol. The number of hydrogen-bond acceptors (Lipinski definition) is 3. The maximum atomic E-state index is 5.68. The topological polar surface area (TPSA) is 21.3 Å². The van der Waals surface area contributed by atoms with Crippen LogP contribution in [-0.2, 0) is 4.74 Å². The van der Waals surface area contributed by atoms with Crippen molar-refractivity contribution in [2.45, 2.75) is 30.3 Å². The molecule has 1 saturated heterocycles. The predicted molar refractivity (Wildman–Crippen MR) is 70.3 cm³/mol. The molecule has 2 nitrogen and oxygen atoms in total. The van der Waals surface area contributed by atoms with E-state index in [0.29, 0.717) is 6.10 Å². The zero-order valence-corrected chi connectivity index (χ0v) is 10.6. The molecule has 0 aromatic heterocycles. The molecule has 1 aromatic rings. The van der Waals surface area contributed by atoms with E-state index in [1.54, 1.807) is 11.8 Å². The first kappa shape index (κ1) is 11.8. The Balaban J connectivity index is 1.79. The van der Waals surface area contributed by atoms with Crippen LogP contribution in [0.1, 0.15) is 19.3 Å². The number of hydrogen-bond donors (Lipinski definition) is 1. The van der Waals surface area contributed by atoms with Gasteiger partial charge in [0.05, 0.1) is 6.10 Å². The van der Waals surface area contributed by atoms with Gasteiger partial charge in [-0.25, -0.2) is 0 Å². The summed E-state index contributed by atoms with van der Waals surface area (Å²) >= 11 is 1.77. The van der Waals surface area contributed by atoms with Gasteiger partial charge in [-0.05, 0) is 49.8 Å². The fraction of sp³-hybridized carbons (Fsp3) is 0.538. The first-order valence-corrected chi connectivity index (χ1v) is 7.10. The molecule has 0 saturated carbocycles. The van der Waals surface area contributed by atoms with Crippen LogP contribution in [0.2, 0.25) is 0 Å². The Hall–Kier alpha value is -0.670. The van der Waals surface area contributed by atoms with Crippen molar-refractivity contribution in [1.29, 1.82) is 0 Å². The van der Waals surface area contributed by atoms with Crippen molar-refractivity contribution in [1.82, 2.24) is 0 Å². The van der Waals surface area contributed by atoms with Crippen LogP contribution in [0.15, 0.2) is 29.2 Å². The average molecular weight is 237 g/mol. The van der Waals surface area contributed by atoms with Crippen molar-refractivity contribution >= 4 is 17.4 Å². The fourth-order valence-corrected chi connectivity index (χ4v) is 2.32. The standard InChI is InChI=1S/C13H19NOS/c1-16-13-7-5-11(6-8-13)14-10-12-4-2-3-9-15-12/h5-8,12,14H,2-4,9-10H2,1H3. The lowest BCUT2D eigenvalue weighted by Gasteiger charge is -2.23. The third kappa shape index (κ3) is 3.42. The van der Waals surface area contributed by atoms with Crippen LogP contribution in [0.3, 0.4) is 0 Å². The van der Waals surface area contributed by atoms with Gasteiger partial charge in [0, 0.05) is 23.7 Å². The molecule has 1 unspecified atom stereocenters. The van der Waals surface area contributed by atoms with Gasteiger partial charge >= 0.3 is 0 Å². The lowest BCUT2D eigenvalue weighted by atomic mass is 10.1. The SMILES string of the molecule is CSc1ccc(NCC2CCCCO2)cc1. The Morgan fingerprint density at radius 1 is 1.31 bits per heavy atom. The molecular weight excluding hydrogens is 218 g/mol. The van der Waals surface area contributed by atoms with Crippen molar-refractivity contribution in [3.63, 3.8) is 0 Å². The minimum Gasteiger partial charge on any atom is -0.382 e. The minimum absolute atomic E-state index is 0.397. The minimum atomic E-state index is 0.397. The third-order valence-corrected chi connectivity index (χ3v) is 3.64. The summed E-state index contributed by atoms with van der Waals surface area (Å²) in [7, 11) is 0. The third-order valence-electron chi connectivity index (χ3n) is 2.90. The number of thioether (sulfide) groups is 1. The van der Waals surface area contributed by atoms with Crippen LogP contribution < -0.4 is 5.32 Å². The summed E-state index contributed by atoms with van der Waals surface area (Å²) < 4.78 is 5.68. The molecule has 3 heteroatoms. The van der Waals surface area contributed by atoms with Gasteiger partial charge in [0.25, 0.3) is 0 Å². The number of benzene rings is 1. The molecule has 16 heavy (non-hydrogen) atoms. The van der Waals surface area contributed by atoms with E-state index in [2.05, 4.69) is 35.8 Å². The van der Waals surface area contributed by atoms with Crippen LogP contribution in [0.5, 0.6) is 0 Å². The lowest BCUT2D eigenvalue weighted by Crippen LogP contribution is -2.26. The van der Waals surface area contributed by atoms with E-state index in [1.165, 1.54) is 29.8 Å². The molecule has 0 aliphatic carbocycles. The molecule has 88 valence electrons. The number of nitrogens with one attached hydrogen (secondary N) is 1. The predicted octanol–water partition coefficient (Wildman–Crippen LogP) is 3.39. The Bertz CT molecular complexity index is 306. The molecule has 0 radical (unpaired) electrons. The van der Waals surface area contributed by atoms with Crippen molar-refractivity contribution in [3.8, 4) is 0 Å². The highest BCUT2D eigenvalue weighted by Crippen LogP contribution is 2.18. The van der Waals surface area contributed by atoms with Crippen LogP contribution in [0, 0.1) is 0 Å². The van der Waals surface area contributed by atoms with Crippen molar-refractivity contribution in [2.75, 3.05) is 24.7 Å². The van der Waals surface area contributed by atoms with Gasteiger partial charge in [0.2, 0.25) is 0 Å². The Labute approximate surface area is 102 Å². The number of rotatable bonds is 4. The molecule has 1 atom stereocenters. The summed E-state index contributed by atoms with van der Waals surface area (Å²) in [5.41, 5.74) is 1.19. The summed E-state index contributed by atoms with van der Waals surface area (Å²) in [6.45, 7) is 1.86. The van der Waals surface area contributed by atoms with E-state index in [1.807, 2.05) is 0 Å². The molecule has 1 fully saturated rings. The van der Waals surface area contributed by atoms with Gasteiger partial charge < -0.3 is 10.1 Å². The molecule has 2 rings (SSSR count). The Morgan fingerprint density at radius 3 is 2.75 bits per heavy atom.